The summed E-state index contributed by atoms with van der Waals surface area (Å²) in [6.07, 6.45) is 6.10. The Kier molecular flexibility index (Phi) is 4.53. The molecule has 1 amide bonds. The van der Waals surface area contributed by atoms with Crippen LogP contribution in [0, 0.1) is 17.3 Å². The Morgan fingerprint density at radius 1 is 1.42 bits per heavy atom. The summed E-state index contributed by atoms with van der Waals surface area (Å²) in [6.45, 7) is 4.54. The van der Waals surface area contributed by atoms with Gasteiger partial charge in [-0.2, -0.15) is 5.10 Å². The number of amides is 1. The lowest BCUT2D eigenvalue weighted by Gasteiger charge is -2.55. The standard InChI is InChI=1S/C16H17Cl3N4O/c1-16(2)8-4-3-7(9(16)5-8)6-21-23-15(24)13-10(17)12(20)11(18)14(19)22-13/h3,6,8-9H,4-5H2,1-2H3,(H2,20,22)(H,23,24)/t8-,9+/m0/s1. The first-order valence-corrected chi connectivity index (χ1v) is 8.70. The van der Waals surface area contributed by atoms with Crippen LogP contribution >= 0.6 is 34.8 Å². The quantitative estimate of drug-likeness (QED) is 0.460. The molecule has 1 fully saturated rings. The second-order valence-electron chi connectivity index (χ2n) is 6.74. The van der Waals surface area contributed by atoms with Gasteiger partial charge in [0.1, 0.15) is 5.02 Å². The molecule has 8 heteroatoms. The van der Waals surface area contributed by atoms with Gasteiger partial charge in [-0.3, -0.25) is 4.79 Å². The van der Waals surface area contributed by atoms with Crippen LogP contribution in [0.5, 0.6) is 0 Å². The summed E-state index contributed by atoms with van der Waals surface area (Å²) in [7, 11) is 0. The van der Waals surface area contributed by atoms with Crippen LogP contribution < -0.4 is 11.2 Å². The molecule has 0 spiro atoms. The predicted molar refractivity (Wildman–Crippen MR) is 97.7 cm³/mol. The van der Waals surface area contributed by atoms with Crippen molar-refractivity contribution < 1.29 is 4.79 Å². The average Bonchev–Trinajstić information content (AvgIpc) is 2.56. The average molecular weight is 388 g/mol. The van der Waals surface area contributed by atoms with Gasteiger partial charge in [-0.1, -0.05) is 54.7 Å². The van der Waals surface area contributed by atoms with Crippen molar-refractivity contribution in [3.05, 3.63) is 32.5 Å². The highest BCUT2D eigenvalue weighted by Gasteiger charge is 2.50. The van der Waals surface area contributed by atoms with E-state index >= 15 is 0 Å². The van der Waals surface area contributed by atoms with Crippen molar-refractivity contribution in [1.82, 2.24) is 10.4 Å². The van der Waals surface area contributed by atoms with Gasteiger partial charge in [0.05, 0.1) is 16.9 Å². The molecule has 1 heterocycles. The summed E-state index contributed by atoms with van der Waals surface area (Å²) in [6, 6.07) is 0. The minimum Gasteiger partial charge on any atom is -0.396 e. The number of nitrogen functional groups attached to an aromatic ring is 1. The molecule has 0 saturated heterocycles. The maximum atomic E-state index is 12.2. The largest absolute Gasteiger partial charge is 0.396 e. The number of allylic oxidation sites excluding steroid dienone is 2. The summed E-state index contributed by atoms with van der Waals surface area (Å²) in [5, 5.41) is 3.93. The van der Waals surface area contributed by atoms with E-state index in [0.717, 1.165) is 17.9 Å². The number of aromatic nitrogens is 1. The van der Waals surface area contributed by atoms with E-state index in [0.29, 0.717) is 11.3 Å². The van der Waals surface area contributed by atoms with Gasteiger partial charge in [-0.15, -0.1) is 0 Å². The van der Waals surface area contributed by atoms with Crippen molar-refractivity contribution in [3.8, 4) is 0 Å². The van der Waals surface area contributed by atoms with E-state index in [1.165, 1.54) is 6.42 Å². The van der Waals surface area contributed by atoms with Crippen molar-refractivity contribution in [2.45, 2.75) is 26.7 Å². The van der Waals surface area contributed by atoms with Crippen molar-refractivity contribution >= 4 is 52.6 Å². The molecular weight excluding hydrogens is 371 g/mol. The molecule has 0 aromatic carbocycles. The number of carbonyl (C=O) groups is 1. The van der Waals surface area contributed by atoms with Crippen LogP contribution in [-0.4, -0.2) is 17.1 Å². The highest BCUT2D eigenvalue weighted by molar-refractivity contribution is 6.46. The van der Waals surface area contributed by atoms with Gasteiger partial charge in [-0.25, -0.2) is 10.4 Å². The van der Waals surface area contributed by atoms with Gasteiger partial charge in [0.15, 0.2) is 10.8 Å². The van der Waals surface area contributed by atoms with Gasteiger partial charge in [-0.05, 0) is 35.7 Å². The number of pyridine rings is 1. The van der Waals surface area contributed by atoms with E-state index in [9.17, 15) is 4.79 Å². The third kappa shape index (κ3) is 2.79. The molecule has 2 atom stereocenters. The minimum absolute atomic E-state index is 0.0183. The number of rotatable bonds is 3. The summed E-state index contributed by atoms with van der Waals surface area (Å²) in [5.74, 6) is 0.638. The van der Waals surface area contributed by atoms with Crippen LogP contribution in [0.15, 0.2) is 16.8 Å². The van der Waals surface area contributed by atoms with Crippen molar-refractivity contribution in [3.63, 3.8) is 0 Å². The molecule has 5 nitrogen and oxygen atoms in total. The van der Waals surface area contributed by atoms with Crippen LogP contribution in [0.2, 0.25) is 15.2 Å². The zero-order valence-corrected chi connectivity index (χ0v) is 15.5. The van der Waals surface area contributed by atoms with Gasteiger partial charge in [0.2, 0.25) is 0 Å². The van der Waals surface area contributed by atoms with Crippen LogP contribution in [0.1, 0.15) is 37.2 Å². The number of nitrogens with two attached hydrogens (primary N) is 1. The Morgan fingerprint density at radius 3 is 2.75 bits per heavy atom. The Bertz CT molecular complexity index is 773. The number of nitrogens with zero attached hydrogens (tertiary/aromatic N) is 2. The third-order valence-corrected chi connectivity index (χ3v) is 6.31. The summed E-state index contributed by atoms with van der Waals surface area (Å²) >= 11 is 17.7. The van der Waals surface area contributed by atoms with E-state index < -0.39 is 5.91 Å². The molecule has 0 unspecified atom stereocenters. The van der Waals surface area contributed by atoms with Gasteiger partial charge < -0.3 is 5.73 Å². The third-order valence-electron chi connectivity index (χ3n) is 5.18. The van der Waals surface area contributed by atoms with Crippen LogP contribution in [0.25, 0.3) is 0 Å². The molecule has 128 valence electrons. The number of hydrogen-bond acceptors (Lipinski definition) is 4. The molecule has 4 rings (SSSR count). The summed E-state index contributed by atoms with van der Waals surface area (Å²) < 4.78 is 0. The van der Waals surface area contributed by atoms with Gasteiger partial charge in [0.25, 0.3) is 5.91 Å². The first-order chi connectivity index (χ1) is 11.2. The molecule has 24 heavy (non-hydrogen) atoms. The smallest absolute Gasteiger partial charge is 0.291 e. The Hall–Kier alpha value is -1.30. The number of fused-ring (bicyclic) bond motifs is 1. The normalized spacial score (nSPS) is 24.5. The highest BCUT2D eigenvalue weighted by atomic mass is 35.5. The predicted octanol–water partition coefficient (Wildman–Crippen LogP) is 4.33. The Morgan fingerprint density at radius 2 is 2.12 bits per heavy atom. The fourth-order valence-corrected chi connectivity index (χ4v) is 4.04. The number of carbonyl (C=O) groups excluding carboxylic acids is 1. The lowest BCUT2D eigenvalue weighted by molar-refractivity contribution is -0.00126. The number of hydrazone groups is 1. The molecule has 0 radical (unpaired) electrons. The Labute approximate surface area is 155 Å². The first kappa shape index (κ1) is 17.5. The van der Waals surface area contributed by atoms with Crippen LogP contribution in [0.4, 0.5) is 5.69 Å². The summed E-state index contributed by atoms with van der Waals surface area (Å²) in [4.78, 5) is 16.1. The molecule has 1 aromatic rings. The fraction of sp³-hybridized carbons (Fsp3) is 0.438. The van der Waals surface area contributed by atoms with E-state index in [1.807, 2.05) is 0 Å². The van der Waals surface area contributed by atoms with Gasteiger partial charge in [0, 0.05) is 0 Å². The second-order valence-corrected chi connectivity index (χ2v) is 7.85. The SMILES string of the molecule is CC1(C)[C@H]2CC=C(C=NNC(=O)c3nc(Cl)c(Cl)c(N)c3Cl)[C@H]1C2. The molecular formula is C16H17Cl3N4O. The minimum atomic E-state index is -0.594. The fourth-order valence-electron chi connectivity index (χ4n) is 3.45. The van der Waals surface area contributed by atoms with Crippen LogP contribution in [0.3, 0.4) is 0 Å². The van der Waals surface area contributed by atoms with Crippen molar-refractivity contribution in [2.75, 3.05) is 5.73 Å². The van der Waals surface area contributed by atoms with Crippen LogP contribution in [-0.2, 0) is 0 Å². The Balaban J connectivity index is 1.72. The van der Waals surface area contributed by atoms with E-state index in [4.69, 9.17) is 40.5 Å². The number of hydrogen-bond donors (Lipinski definition) is 2. The second kappa shape index (κ2) is 6.21. The number of anilines is 1. The van der Waals surface area contributed by atoms with Gasteiger partial charge >= 0.3 is 0 Å². The molecule has 1 saturated carbocycles. The van der Waals surface area contributed by atoms with Crippen molar-refractivity contribution in [2.24, 2.45) is 22.4 Å². The van der Waals surface area contributed by atoms with E-state index in [1.54, 1.807) is 6.21 Å². The topological polar surface area (TPSA) is 80.4 Å². The van der Waals surface area contributed by atoms with E-state index in [-0.39, 0.29) is 26.6 Å². The molecule has 3 aliphatic rings. The lowest BCUT2D eigenvalue weighted by Crippen LogP contribution is -2.48. The zero-order valence-electron chi connectivity index (χ0n) is 13.2. The summed E-state index contributed by atoms with van der Waals surface area (Å²) in [5.41, 5.74) is 9.47. The molecule has 2 bridgehead atoms. The van der Waals surface area contributed by atoms with E-state index in [2.05, 4.69) is 35.4 Å². The maximum absolute atomic E-state index is 12.2. The number of nitrogens with one attached hydrogen (secondary N) is 1. The molecule has 3 aliphatic carbocycles. The highest BCUT2D eigenvalue weighted by Crippen LogP contribution is 2.58. The lowest BCUT2D eigenvalue weighted by atomic mass is 9.49. The molecule has 1 aromatic heterocycles. The molecule has 3 N–H and O–H groups in total. The molecule has 0 aliphatic heterocycles. The van der Waals surface area contributed by atoms with Crippen molar-refractivity contribution in [1.29, 1.82) is 0 Å². The first-order valence-electron chi connectivity index (χ1n) is 7.57. The number of halogens is 3. The monoisotopic (exact) mass is 386 g/mol. The zero-order chi connectivity index (χ0) is 17.6. The maximum Gasteiger partial charge on any atom is 0.291 e.